The van der Waals surface area contributed by atoms with E-state index in [2.05, 4.69) is 78.7 Å². The zero-order valence-corrected chi connectivity index (χ0v) is 22.1. The van der Waals surface area contributed by atoms with E-state index in [4.69, 9.17) is 4.98 Å². The maximum Gasteiger partial charge on any atom is 0.225 e. The molecule has 1 aliphatic rings. The number of hydrogen-bond acceptors (Lipinski definition) is 5. The van der Waals surface area contributed by atoms with Gasteiger partial charge in [0.15, 0.2) is 5.16 Å². The number of imidazole rings is 1. The van der Waals surface area contributed by atoms with Crippen LogP contribution in [0.25, 0.3) is 22.5 Å². The Morgan fingerprint density at radius 2 is 1.72 bits per heavy atom. The average molecular weight is 513 g/mol. The molecule has 0 atom stereocenters. The van der Waals surface area contributed by atoms with Crippen LogP contribution in [0.4, 0.5) is 5.00 Å². The highest BCUT2D eigenvalue weighted by Crippen LogP contribution is 2.38. The fourth-order valence-electron chi connectivity index (χ4n) is 4.47. The van der Waals surface area contributed by atoms with Gasteiger partial charge in [-0.15, -0.1) is 11.3 Å². The van der Waals surface area contributed by atoms with E-state index in [1.165, 1.54) is 27.8 Å². The lowest BCUT2D eigenvalue weighted by atomic mass is 9.96. The number of aryl methyl sites for hydroxylation is 3. The molecule has 5 rings (SSSR count). The van der Waals surface area contributed by atoms with Crippen LogP contribution in [0.3, 0.4) is 0 Å². The Morgan fingerprint density at radius 1 is 1.06 bits per heavy atom. The summed E-state index contributed by atoms with van der Waals surface area (Å²) in [5.74, 6) is 0.522. The first kappa shape index (κ1) is 24.4. The standard InChI is InChI=1S/C29H28N4OS2/c1-18-7-11-20(12-8-18)26-27(21-13-9-19(2)10-14-21)33-29(32-26)35-16-15-25(34)31-28-23(17-30)22-5-3-4-6-24(22)36-28/h7-14H,3-6,15-16H2,1-2H3,(H,31,34)(H,32,33). The molecule has 2 aromatic heterocycles. The molecule has 7 heteroatoms. The number of nitriles is 1. The summed E-state index contributed by atoms with van der Waals surface area (Å²) in [6.07, 6.45) is 4.55. The third-order valence-electron chi connectivity index (χ3n) is 6.45. The molecule has 0 aliphatic heterocycles. The molecule has 0 saturated heterocycles. The van der Waals surface area contributed by atoms with Crippen molar-refractivity contribution < 1.29 is 4.79 Å². The van der Waals surface area contributed by atoms with Crippen LogP contribution >= 0.6 is 23.1 Å². The molecular weight excluding hydrogens is 484 g/mol. The SMILES string of the molecule is Cc1ccc(-c2nc(SCCC(=O)Nc3sc4c(c3C#N)CCCC4)[nH]c2-c2ccc(C)cc2)cc1. The number of amides is 1. The lowest BCUT2D eigenvalue weighted by molar-refractivity contribution is -0.115. The highest BCUT2D eigenvalue weighted by molar-refractivity contribution is 7.99. The van der Waals surface area contributed by atoms with E-state index in [1.807, 2.05) is 0 Å². The molecule has 2 heterocycles. The number of hydrogen-bond donors (Lipinski definition) is 2. The third-order valence-corrected chi connectivity index (χ3v) is 8.53. The van der Waals surface area contributed by atoms with Crippen LogP contribution in [-0.4, -0.2) is 21.6 Å². The molecule has 0 bridgehead atoms. The van der Waals surface area contributed by atoms with E-state index in [-0.39, 0.29) is 5.91 Å². The van der Waals surface area contributed by atoms with Gasteiger partial charge < -0.3 is 10.3 Å². The molecular formula is C29H28N4OS2. The molecule has 36 heavy (non-hydrogen) atoms. The number of aromatic nitrogens is 2. The summed E-state index contributed by atoms with van der Waals surface area (Å²) in [7, 11) is 0. The van der Waals surface area contributed by atoms with Gasteiger partial charge in [-0.3, -0.25) is 4.79 Å². The molecule has 2 aromatic carbocycles. The fourth-order valence-corrected chi connectivity index (χ4v) is 6.54. The molecule has 5 nitrogen and oxygen atoms in total. The maximum absolute atomic E-state index is 12.7. The van der Waals surface area contributed by atoms with Crippen LogP contribution in [0, 0.1) is 25.2 Å². The number of thiophene rings is 1. The van der Waals surface area contributed by atoms with Gasteiger partial charge in [-0.1, -0.05) is 71.4 Å². The molecule has 1 aliphatic carbocycles. The number of nitrogens with zero attached hydrogens (tertiary/aromatic N) is 2. The van der Waals surface area contributed by atoms with Crippen LogP contribution in [-0.2, 0) is 17.6 Å². The minimum atomic E-state index is -0.0679. The van der Waals surface area contributed by atoms with E-state index in [0.29, 0.717) is 22.7 Å². The highest BCUT2D eigenvalue weighted by atomic mass is 32.2. The predicted molar refractivity (Wildman–Crippen MR) is 149 cm³/mol. The van der Waals surface area contributed by atoms with Crippen molar-refractivity contribution in [1.29, 1.82) is 5.26 Å². The molecule has 0 unspecified atom stereocenters. The van der Waals surface area contributed by atoms with Crippen molar-refractivity contribution in [3.63, 3.8) is 0 Å². The van der Waals surface area contributed by atoms with Gasteiger partial charge in [-0.2, -0.15) is 5.26 Å². The van der Waals surface area contributed by atoms with E-state index in [0.717, 1.165) is 58.9 Å². The lowest BCUT2D eigenvalue weighted by Gasteiger charge is -2.09. The number of benzene rings is 2. The molecule has 2 N–H and O–H groups in total. The van der Waals surface area contributed by atoms with E-state index in [9.17, 15) is 10.1 Å². The molecule has 0 saturated carbocycles. The summed E-state index contributed by atoms with van der Waals surface area (Å²) < 4.78 is 0. The van der Waals surface area contributed by atoms with Crippen molar-refractivity contribution in [2.45, 2.75) is 51.1 Å². The van der Waals surface area contributed by atoms with E-state index in [1.54, 1.807) is 11.3 Å². The molecule has 1 amide bonds. The molecule has 4 aromatic rings. The number of anilines is 1. The van der Waals surface area contributed by atoms with Crippen LogP contribution in [0.5, 0.6) is 0 Å². The number of rotatable bonds is 7. The number of carbonyl (C=O) groups is 1. The van der Waals surface area contributed by atoms with Gasteiger partial charge >= 0.3 is 0 Å². The molecule has 182 valence electrons. The van der Waals surface area contributed by atoms with Crippen molar-refractivity contribution >= 4 is 34.0 Å². The summed E-state index contributed by atoms with van der Waals surface area (Å²) in [6, 6.07) is 19.1. The van der Waals surface area contributed by atoms with Crippen LogP contribution in [0.1, 0.15) is 46.4 Å². The van der Waals surface area contributed by atoms with Gasteiger partial charge in [0.2, 0.25) is 5.91 Å². The first-order valence-electron chi connectivity index (χ1n) is 12.2. The van der Waals surface area contributed by atoms with Gasteiger partial charge in [-0.05, 0) is 45.1 Å². The van der Waals surface area contributed by atoms with Gasteiger partial charge in [-0.25, -0.2) is 4.98 Å². The maximum atomic E-state index is 12.7. The van der Waals surface area contributed by atoms with E-state index >= 15 is 0 Å². The quantitative estimate of drug-likeness (QED) is 0.255. The molecule has 0 fully saturated rings. The minimum absolute atomic E-state index is 0.0679. The van der Waals surface area contributed by atoms with Gasteiger partial charge in [0.25, 0.3) is 0 Å². The number of nitrogens with one attached hydrogen (secondary N) is 2. The first-order chi connectivity index (χ1) is 17.5. The summed E-state index contributed by atoms with van der Waals surface area (Å²) in [4.78, 5) is 22.3. The van der Waals surface area contributed by atoms with Gasteiger partial charge in [0.05, 0.1) is 17.0 Å². The largest absolute Gasteiger partial charge is 0.332 e. The summed E-state index contributed by atoms with van der Waals surface area (Å²) in [5, 5.41) is 14.1. The summed E-state index contributed by atoms with van der Waals surface area (Å²) in [5.41, 5.74) is 8.25. The molecule has 0 radical (unpaired) electrons. The summed E-state index contributed by atoms with van der Waals surface area (Å²) >= 11 is 3.11. The zero-order valence-electron chi connectivity index (χ0n) is 20.5. The van der Waals surface area contributed by atoms with Crippen molar-refractivity contribution in [3.8, 4) is 28.6 Å². The number of fused-ring (bicyclic) bond motifs is 1. The Hall–Kier alpha value is -3.34. The summed E-state index contributed by atoms with van der Waals surface area (Å²) in [6.45, 7) is 4.15. The normalized spacial score (nSPS) is 12.7. The van der Waals surface area contributed by atoms with Crippen molar-refractivity contribution in [2.24, 2.45) is 0 Å². The number of carbonyl (C=O) groups excluding carboxylic acids is 1. The average Bonchev–Trinajstić information content (AvgIpc) is 3.46. The Morgan fingerprint density at radius 3 is 2.42 bits per heavy atom. The zero-order chi connectivity index (χ0) is 25.1. The topological polar surface area (TPSA) is 81.6 Å². The smallest absolute Gasteiger partial charge is 0.225 e. The van der Waals surface area contributed by atoms with Crippen molar-refractivity contribution in [1.82, 2.24) is 9.97 Å². The Kier molecular flexibility index (Phi) is 7.26. The number of thioether (sulfide) groups is 1. The second kappa shape index (κ2) is 10.7. The number of H-pyrrole nitrogens is 1. The fraction of sp³-hybridized carbons (Fsp3) is 0.276. The van der Waals surface area contributed by atoms with Crippen LogP contribution in [0.2, 0.25) is 0 Å². The lowest BCUT2D eigenvalue weighted by Crippen LogP contribution is -2.12. The Labute approximate surface area is 220 Å². The van der Waals surface area contributed by atoms with Crippen LogP contribution < -0.4 is 5.32 Å². The predicted octanol–water partition coefficient (Wildman–Crippen LogP) is 7.29. The Bertz CT molecular complexity index is 1360. The highest BCUT2D eigenvalue weighted by Gasteiger charge is 2.22. The second-order valence-electron chi connectivity index (χ2n) is 9.17. The van der Waals surface area contributed by atoms with Gasteiger partial charge in [0, 0.05) is 28.2 Å². The van der Waals surface area contributed by atoms with Crippen molar-refractivity contribution in [2.75, 3.05) is 11.1 Å². The van der Waals surface area contributed by atoms with Crippen molar-refractivity contribution in [3.05, 3.63) is 75.7 Å². The first-order valence-corrected chi connectivity index (χ1v) is 14.0. The van der Waals surface area contributed by atoms with E-state index < -0.39 is 0 Å². The second-order valence-corrected chi connectivity index (χ2v) is 11.4. The van der Waals surface area contributed by atoms with Gasteiger partial charge in [0.1, 0.15) is 11.1 Å². The minimum Gasteiger partial charge on any atom is -0.332 e. The molecule has 0 spiro atoms. The monoisotopic (exact) mass is 512 g/mol. The third kappa shape index (κ3) is 5.25. The van der Waals surface area contributed by atoms with Crippen LogP contribution in [0.15, 0.2) is 53.7 Å². The number of aromatic amines is 1. The Balaban J connectivity index is 1.29.